The molecule has 0 aromatic heterocycles. The zero-order valence-electron chi connectivity index (χ0n) is 15.4. The van der Waals surface area contributed by atoms with Crippen LogP contribution in [0.15, 0.2) is 35.9 Å². The molecule has 2 rings (SSSR count). The van der Waals surface area contributed by atoms with Gasteiger partial charge in [-0.3, -0.25) is 9.59 Å². The summed E-state index contributed by atoms with van der Waals surface area (Å²) < 4.78 is 5.09. The highest BCUT2D eigenvalue weighted by atomic mass is 16.5. The Kier molecular flexibility index (Phi) is 6.62. The number of carbonyl (C=O) groups is 2. The van der Waals surface area contributed by atoms with Crippen molar-refractivity contribution in [1.82, 2.24) is 5.32 Å². The molecule has 5 nitrogen and oxygen atoms in total. The fraction of sp³-hybridized carbons (Fsp3) is 0.500. The molecular formula is C20H28N2O3. The van der Waals surface area contributed by atoms with Crippen LogP contribution in [0.25, 0.3) is 0 Å². The first-order valence-corrected chi connectivity index (χ1v) is 8.85. The highest BCUT2D eigenvalue weighted by molar-refractivity contribution is 6.09. The van der Waals surface area contributed by atoms with Crippen molar-refractivity contribution >= 4 is 17.5 Å². The average molecular weight is 344 g/mol. The Hall–Kier alpha value is -2.30. The SMILES string of the molecule is COc1ccc(NC(=O)C(C)(C)C(=O)NCCC2=CCCCC2)cc1. The first-order chi connectivity index (χ1) is 11.9. The number of hydrogen-bond acceptors (Lipinski definition) is 3. The number of hydrogen-bond donors (Lipinski definition) is 2. The molecule has 0 unspecified atom stereocenters. The molecule has 136 valence electrons. The topological polar surface area (TPSA) is 67.4 Å². The molecule has 0 spiro atoms. The van der Waals surface area contributed by atoms with E-state index < -0.39 is 5.41 Å². The third-order valence-electron chi connectivity index (χ3n) is 4.60. The lowest BCUT2D eigenvalue weighted by molar-refractivity contribution is -0.138. The van der Waals surface area contributed by atoms with Gasteiger partial charge in [0.05, 0.1) is 7.11 Å². The number of anilines is 1. The van der Waals surface area contributed by atoms with Gasteiger partial charge in [-0.1, -0.05) is 11.6 Å². The van der Waals surface area contributed by atoms with E-state index in [-0.39, 0.29) is 11.8 Å². The van der Waals surface area contributed by atoms with Gasteiger partial charge in [0.25, 0.3) is 0 Å². The summed E-state index contributed by atoms with van der Waals surface area (Å²) in [4.78, 5) is 24.9. The quantitative estimate of drug-likeness (QED) is 0.586. The summed E-state index contributed by atoms with van der Waals surface area (Å²) >= 11 is 0. The van der Waals surface area contributed by atoms with Gasteiger partial charge in [-0.2, -0.15) is 0 Å². The minimum Gasteiger partial charge on any atom is -0.497 e. The van der Waals surface area contributed by atoms with Crippen LogP contribution in [0, 0.1) is 5.41 Å². The smallest absolute Gasteiger partial charge is 0.239 e. The van der Waals surface area contributed by atoms with Crippen LogP contribution in [0.4, 0.5) is 5.69 Å². The molecule has 0 heterocycles. The van der Waals surface area contributed by atoms with Crippen LogP contribution in [-0.2, 0) is 9.59 Å². The highest BCUT2D eigenvalue weighted by Crippen LogP contribution is 2.22. The number of ether oxygens (including phenoxy) is 1. The maximum atomic E-state index is 12.5. The Morgan fingerprint density at radius 3 is 2.44 bits per heavy atom. The predicted octanol–water partition coefficient (Wildman–Crippen LogP) is 3.67. The van der Waals surface area contributed by atoms with Crippen LogP contribution in [0.1, 0.15) is 46.0 Å². The van der Waals surface area contributed by atoms with Crippen molar-refractivity contribution in [2.75, 3.05) is 19.0 Å². The number of methoxy groups -OCH3 is 1. The van der Waals surface area contributed by atoms with Crippen molar-refractivity contribution in [3.8, 4) is 5.75 Å². The van der Waals surface area contributed by atoms with Crippen molar-refractivity contribution in [2.45, 2.75) is 46.0 Å². The van der Waals surface area contributed by atoms with E-state index in [1.807, 2.05) is 0 Å². The van der Waals surface area contributed by atoms with E-state index in [0.29, 0.717) is 18.0 Å². The van der Waals surface area contributed by atoms with Gasteiger partial charge in [0.2, 0.25) is 11.8 Å². The Morgan fingerprint density at radius 2 is 1.84 bits per heavy atom. The Labute approximate surface area is 149 Å². The van der Waals surface area contributed by atoms with Gasteiger partial charge in [0, 0.05) is 12.2 Å². The van der Waals surface area contributed by atoms with Crippen LogP contribution < -0.4 is 15.4 Å². The van der Waals surface area contributed by atoms with Gasteiger partial charge >= 0.3 is 0 Å². The summed E-state index contributed by atoms with van der Waals surface area (Å²) in [5, 5.41) is 5.68. The van der Waals surface area contributed by atoms with Crippen molar-refractivity contribution in [1.29, 1.82) is 0 Å². The zero-order valence-corrected chi connectivity index (χ0v) is 15.4. The second-order valence-corrected chi connectivity index (χ2v) is 6.92. The van der Waals surface area contributed by atoms with Crippen molar-refractivity contribution in [2.24, 2.45) is 5.41 Å². The van der Waals surface area contributed by atoms with Gasteiger partial charge in [0.15, 0.2) is 0 Å². The maximum Gasteiger partial charge on any atom is 0.239 e. The van der Waals surface area contributed by atoms with Gasteiger partial charge in [-0.25, -0.2) is 0 Å². The van der Waals surface area contributed by atoms with E-state index in [9.17, 15) is 9.59 Å². The molecule has 25 heavy (non-hydrogen) atoms. The van der Waals surface area contributed by atoms with Crippen LogP contribution in [0.5, 0.6) is 5.75 Å². The molecule has 0 saturated carbocycles. The monoisotopic (exact) mass is 344 g/mol. The number of rotatable bonds is 7. The molecule has 0 atom stereocenters. The van der Waals surface area contributed by atoms with Crippen molar-refractivity contribution in [3.63, 3.8) is 0 Å². The summed E-state index contributed by atoms with van der Waals surface area (Å²) in [6.45, 7) is 3.85. The molecule has 1 aliphatic rings. The minimum atomic E-state index is -1.14. The molecule has 0 saturated heterocycles. The standard InChI is InChI=1S/C20H28N2O3/c1-20(2,18(23)21-14-13-15-7-5-4-6-8-15)19(24)22-16-9-11-17(25-3)12-10-16/h7,9-12H,4-6,8,13-14H2,1-3H3,(H,21,23)(H,22,24). The first kappa shape index (κ1) is 19.0. The van der Waals surface area contributed by atoms with Gasteiger partial charge in [0.1, 0.15) is 11.2 Å². The van der Waals surface area contributed by atoms with Crippen LogP contribution in [-0.4, -0.2) is 25.5 Å². The lowest BCUT2D eigenvalue weighted by Gasteiger charge is -2.23. The van der Waals surface area contributed by atoms with Crippen LogP contribution in [0.2, 0.25) is 0 Å². The normalized spacial score (nSPS) is 14.4. The number of carbonyl (C=O) groups excluding carboxylic acids is 2. The number of benzene rings is 1. The van der Waals surface area contributed by atoms with E-state index in [0.717, 1.165) is 19.3 Å². The summed E-state index contributed by atoms with van der Waals surface area (Å²) in [6.07, 6.45) is 7.89. The number of allylic oxidation sites excluding steroid dienone is 1. The molecular weight excluding hydrogens is 316 g/mol. The van der Waals surface area contributed by atoms with Gasteiger partial charge in [-0.15, -0.1) is 0 Å². The molecule has 5 heteroatoms. The van der Waals surface area contributed by atoms with E-state index in [2.05, 4.69) is 16.7 Å². The lowest BCUT2D eigenvalue weighted by atomic mass is 9.90. The van der Waals surface area contributed by atoms with E-state index in [1.165, 1.54) is 18.4 Å². The molecule has 2 N–H and O–H groups in total. The molecule has 1 aliphatic carbocycles. The largest absolute Gasteiger partial charge is 0.497 e. The lowest BCUT2D eigenvalue weighted by Crippen LogP contribution is -2.45. The molecule has 0 aliphatic heterocycles. The molecule has 2 amide bonds. The first-order valence-electron chi connectivity index (χ1n) is 8.85. The van der Waals surface area contributed by atoms with Crippen LogP contribution >= 0.6 is 0 Å². The number of nitrogens with one attached hydrogen (secondary N) is 2. The molecule has 1 aromatic rings. The average Bonchev–Trinajstić information content (AvgIpc) is 2.63. The van der Waals surface area contributed by atoms with E-state index >= 15 is 0 Å². The molecule has 1 aromatic carbocycles. The second kappa shape index (κ2) is 8.70. The summed E-state index contributed by atoms with van der Waals surface area (Å²) in [7, 11) is 1.59. The third-order valence-corrected chi connectivity index (χ3v) is 4.60. The Balaban J connectivity index is 1.85. The molecule has 0 radical (unpaired) electrons. The second-order valence-electron chi connectivity index (χ2n) is 6.92. The Bertz CT molecular complexity index is 633. The molecule has 0 fully saturated rings. The highest BCUT2D eigenvalue weighted by Gasteiger charge is 2.35. The predicted molar refractivity (Wildman–Crippen MR) is 99.6 cm³/mol. The van der Waals surface area contributed by atoms with E-state index in [4.69, 9.17) is 4.74 Å². The van der Waals surface area contributed by atoms with Gasteiger partial charge in [-0.05, 0) is 70.2 Å². The third kappa shape index (κ3) is 5.34. The summed E-state index contributed by atoms with van der Waals surface area (Å²) in [5.74, 6) is 0.133. The summed E-state index contributed by atoms with van der Waals surface area (Å²) in [6, 6.07) is 7.03. The fourth-order valence-corrected chi connectivity index (χ4v) is 2.75. The zero-order chi connectivity index (χ0) is 18.3. The maximum absolute atomic E-state index is 12.5. The molecule has 0 bridgehead atoms. The fourth-order valence-electron chi connectivity index (χ4n) is 2.75. The van der Waals surface area contributed by atoms with Crippen molar-refractivity contribution < 1.29 is 14.3 Å². The number of amides is 2. The summed E-state index contributed by atoms with van der Waals surface area (Å²) in [5.41, 5.74) is 0.909. The minimum absolute atomic E-state index is 0.255. The Morgan fingerprint density at radius 1 is 1.12 bits per heavy atom. The van der Waals surface area contributed by atoms with Gasteiger partial charge < -0.3 is 15.4 Å². The van der Waals surface area contributed by atoms with Crippen molar-refractivity contribution in [3.05, 3.63) is 35.9 Å². The van der Waals surface area contributed by atoms with Crippen LogP contribution in [0.3, 0.4) is 0 Å². The van der Waals surface area contributed by atoms with E-state index in [1.54, 1.807) is 45.2 Å².